The van der Waals surface area contributed by atoms with Crippen LogP contribution in [0.25, 0.3) is 16.8 Å². The number of carbonyl (C=O) groups is 1. The summed E-state index contributed by atoms with van der Waals surface area (Å²) in [5.41, 5.74) is -0.432. The van der Waals surface area contributed by atoms with Gasteiger partial charge >= 0.3 is 6.18 Å². The van der Waals surface area contributed by atoms with E-state index >= 15 is 0 Å². The highest BCUT2D eigenvalue weighted by atomic mass is 19.4. The standard InChI is InChI=1S/C28H19F5N6O2/c29-20-2-1-3-21(30)26(20)39-25(40)7-6-23(37-39)27(41)36-22-5-4-16(19-14-35-10-8-17(19)13-34)12-24(22)38-11-9-18(15-38)28(31,32)33/h1-8,10,12,14,18H,9,11,15H2,(H,36,41)/t18-/m0/s1. The van der Waals surface area contributed by atoms with Gasteiger partial charge in [0.25, 0.3) is 11.5 Å². The van der Waals surface area contributed by atoms with Crippen LogP contribution in [0.1, 0.15) is 22.5 Å². The number of nitriles is 1. The molecule has 0 radical (unpaired) electrons. The Morgan fingerprint density at radius 1 is 1.07 bits per heavy atom. The summed E-state index contributed by atoms with van der Waals surface area (Å²) < 4.78 is 69.4. The van der Waals surface area contributed by atoms with E-state index in [0.717, 1.165) is 30.3 Å². The second-order valence-electron chi connectivity index (χ2n) is 9.23. The Balaban J connectivity index is 1.53. The highest BCUT2D eigenvalue weighted by Crippen LogP contribution is 2.40. The Bertz CT molecular complexity index is 1730. The number of halogens is 5. The number of nitrogens with zero attached hydrogens (tertiary/aromatic N) is 5. The maximum absolute atomic E-state index is 14.3. The first-order valence-corrected chi connectivity index (χ1v) is 12.2. The number of hydrogen-bond donors (Lipinski definition) is 1. The molecular weight excluding hydrogens is 547 g/mol. The first-order chi connectivity index (χ1) is 19.6. The fourth-order valence-corrected chi connectivity index (χ4v) is 4.60. The number of hydrogen-bond acceptors (Lipinski definition) is 6. The van der Waals surface area contributed by atoms with Crippen LogP contribution in [0.5, 0.6) is 0 Å². The molecule has 3 heterocycles. The quantitative estimate of drug-likeness (QED) is 0.338. The Hall–Kier alpha value is -5.12. The van der Waals surface area contributed by atoms with Gasteiger partial charge in [-0.2, -0.15) is 28.2 Å². The number of nitrogens with one attached hydrogen (secondary N) is 1. The molecule has 1 aliphatic heterocycles. The minimum Gasteiger partial charge on any atom is -0.369 e. The van der Waals surface area contributed by atoms with E-state index in [-0.39, 0.29) is 36.6 Å². The number of pyridine rings is 1. The number of alkyl halides is 3. The molecule has 1 saturated heterocycles. The van der Waals surface area contributed by atoms with Gasteiger partial charge in [0.2, 0.25) is 0 Å². The SMILES string of the molecule is N#Cc1ccncc1-c1ccc(NC(=O)c2ccc(=O)n(-c3c(F)cccc3F)n2)c(N2CC[C@H](C(F)(F)F)C2)c1. The summed E-state index contributed by atoms with van der Waals surface area (Å²) >= 11 is 0. The second-order valence-corrected chi connectivity index (χ2v) is 9.23. The Labute approximate surface area is 229 Å². The average molecular weight is 566 g/mol. The molecule has 5 rings (SSSR count). The van der Waals surface area contributed by atoms with E-state index in [1.54, 1.807) is 12.1 Å². The topological polar surface area (TPSA) is 104 Å². The molecule has 0 bridgehead atoms. The van der Waals surface area contributed by atoms with Crippen LogP contribution >= 0.6 is 0 Å². The van der Waals surface area contributed by atoms with Crippen molar-refractivity contribution >= 4 is 17.3 Å². The third-order valence-electron chi connectivity index (χ3n) is 6.67. The number of benzene rings is 2. The summed E-state index contributed by atoms with van der Waals surface area (Å²) in [5, 5.41) is 15.9. The lowest BCUT2D eigenvalue weighted by atomic mass is 10.0. The first-order valence-electron chi connectivity index (χ1n) is 12.2. The van der Waals surface area contributed by atoms with Gasteiger partial charge in [-0.3, -0.25) is 14.6 Å². The van der Waals surface area contributed by atoms with Crippen LogP contribution in [0.4, 0.5) is 33.3 Å². The molecule has 2 aromatic carbocycles. The van der Waals surface area contributed by atoms with Crippen LogP contribution in [0.3, 0.4) is 0 Å². The maximum Gasteiger partial charge on any atom is 0.393 e. The molecule has 0 saturated carbocycles. The number of aromatic nitrogens is 3. The molecule has 208 valence electrons. The summed E-state index contributed by atoms with van der Waals surface area (Å²) in [6.45, 7) is -0.312. The molecule has 8 nitrogen and oxygen atoms in total. The van der Waals surface area contributed by atoms with Crippen LogP contribution in [-0.2, 0) is 0 Å². The molecule has 4 aromatic rings. The van der Waals surface area contributed by atoms with Crippen molar-refractivity contribution in [1.29, 1.82) is 5.26 Å². The molecule has 1 amide bonds. The van der Waals surface area contributed by atoms with Gasteiger partial charge in [-0.05, 0) is 48.4 Å². The lowest BCUT2D eigenvalue weighted by Gasteiger charge is -2.24. The minimum atomic E-state index is -4.41. The molecule has 41 heavy (non-hydrogen) atoms. The van der Waals surface area contributed by atoms with Gasteiger partial charge in [-0.1, -0.05) is 12.1 Å². The molecule has 1 N–H and O–H groups in total. The van der Waals surface area contributed by atoms with Gasteiger partial charge in [0.15, 0.2) is 11.6 Å². The van der Waals surface area contributed by atoms with Crippen molar-refractivity contribution < 1.29 is 26.7 Å². The summed E-state index contributed by atoms with van der Waals surface area (Å²) in [4.78, 5) is 31.0. The summed E-state index contributed by atoms with van der Waals surface area (Å²) in [6, 6.07) is 13.1. The molecule has 1 fully saturated rings. The Morgan fingerprint density at radius 2 is 1.83 bits per heavy atom. The molecular formula is C28H19F5N6O2. The molecule has 2 aromatic heterocycles. The van der Waals surface area contributed by atoms with Crippen LogP contribution in [0.15, 0.2) is 71.8 Å². The summed E-state index contributed by atoms with van der Waals surface area (Å²) in [6.07, 6.45) is -1.68. The van der Waals surface area contributed by atoms with E-state index in [2.05, 4.69) is 15.4 Å². The molecule has 1 aliphatic rings. The van der Waals surface area contributed by atoms with Crippen LogP contribution in [0.2, 0.25) is 0 Å². The fourth-order valence-electron chi connectivity index (χ4n) is 4.60. The Morgan fingerprint density at radius 3 is 2.51 bits per heavy atom. The number of rotatable bonds is 5. The van der Waals surface area contributed by atoms with E-state index in [0.29, 0.717) is 21.4 Å². The number of carbonyl (C=O) groups excluding carboxylic acids is 1. The average Bonchev–Trinajstić information content (AvgIpc) is 3.45. The fraction of sp³-hybridized carbons (Fsp3) is 0.179. The van der Waals surface area contributed by atoms with Gasteiger partial charge in [0.05, 0.1) is 28.9 Å². The molecule has 13 heteroatoms. The zero-order valence-corrected chi connectivity index (χ0v) is 21.0. The van der Waals surface area contributed by atoms with Crippen molar-refractivity contribution in [3.8, 4) is 22.9 Å². The Kier molecular flexibility index (Phi) is 7.23. The smallest absolute Gasteiger partial charge is 0.369 e. The molecule has 0 spiro atoms. The van der Waals surface area contributed by atoms with Crippen molar-refractivity contribution in [2.75, 3.05) is 23.3 Å². The minimum absolute atomic E-state index is 0.0460. The van der Waals surface area contributed by atoms with Gasteiger partial charge < -0.3 is 10.2 Å². The monoisotopic (exact) mass is 566 g/mol. The number of amides is 1. The zero-order chi connectivity index (χ0) is 29.3. The van der Waals surface area contributed by atoms with Gasteiger partial charge in [-0.15, -0.1) is 0 Å². The van der Waals surface area contributed by atoms with Crippen molar-refractivity contribution in [1.82, 2.24) is 14.8 Å². The van der Waals surface area contributed by atoms with Crippen LogP contribution in [-0.4, -0.2) is 39.9 Å². The van der Waals surface area contributed by atoms with E-state index in [1.807, 2.05) is 6.07 Å². The normalized spacial score (nSPS) is 15.0. The predicted molar refractivity (Wildman–Crippen MR) is 138 cm³/mol. The summed E-state index contributed by atoms with van der Waals surface area (Å²) in [5.74, 6) is -4.61. The molecule has 1 atom stereocenters. The summed E-state index contributed by atoms with van der Waals surface area (Å²) in [7, 11) is 0. The molecule has 0 unspecified atom stereocenters. The number of para-hydroxylation sites is 1. The highest BCUT2D eigenvalue weighted by Gasteiger charge is 2.44. The lowest BCUT2D eigenvalue weighted by molar-refractivity contribution is -0.168. The predicted octanol–water partition coefficient (Wildman–Crippen LogP) is 5.09. The third-order valence-corrected chi connectivity index (χ3v) is 6.67. The van der Waals surface area contributed by atoms with Crippen LogP contribution in [0, 0.1) is 28.9 Å². The zero-order valence-electron chi connectivity index (χ0n) is 21.0. The largest absolute Gasteiger partial charge is 0.393 e. The first kappa shape index (κ1) is 27.4. The molecule has 0 aliphatic carbocycles. The van der Waals surface area contributed by atoms with Crippen molar-refractivity contribution in [3.63, 3.8) is 0 Å². The van der Waals surface area contributed by atoms with E-state index in [4.69, 9.17) is 0 Å². The maximum atomic E-state index is 14.3. The van der Waals surface area contributed by atoms with Crippen molar-refractivity contribution in [3.05, 3.63) is 100 Å². The highest BCUT2D eigenvalue weighted by molar-refractivity contribution is 6.05. The van der Waals surface area contributed by atoms with Crippen molar-refractivity contribution in [2.24, 2.45) is 5.92 Å². The lowest BCUT2D eigenvalue weighted by Crippen LogP contribution is -2.29. The van der Waals surface area contributed by atoms with Gasteiger partial charge in [-0.25, -0.2) is 8.78 Å². The third kappa shape index (κ3) is 5.49. The van der Waals surface area contributed by atoms with Crippen LogP contribution < -0.4 is 15.8 Å². The van der Waals surface area contributed by atoms with Crippen molar-refractivity contribution in [2.45, 2.75) is 12.6 Å². The van der Waals surface area contributed by atoms with E-state index < -0.39 is 40.9 Å². The van der Waals surface area contributed by atoms with E-state index in [9.17, 15) is 36.8 Å². The second kappa shape index (κ2) is 10.8. The number of anilines is 2. The van der Waals surface area contributed by atoms with Gasteiger partial charge in [0.1, 0.15) is 11.4 Å². The van der Waals surface area contributed by atoms with Gasteiger partial charge in [0, 0.05) is 37.1 Å². The van der Waals surface area contributed by atoms with E-state index in [1.165, 1.54) is 29.4 Å².